The molecule has 0 saturated heterocycles. The molecule has 0 saturated carbocycles. The third kappa shape index (κ3) is 4.41. The van der Waals surface area contributed by atoms with E-state index in [0.29, 0.717) is 23.1 Å². The third-order valence-electron chi connectivity index (χ3n) is 4.07. The first-order chi connectivity index (χ1) is 14.1. The van der Waals surface area contributed by atoms with Gasteiger partial charge >= 0.3 is 0 Å². The predicted molar refractivity (Wildman–Crippen MR) is 107 cm³/mol. The molecule has 0 aliphatic rings. The van der Waals surface area contributed by atoms with Gasteiger partial charge in [-0.15, -0.1) is 11.3 Å². The first-order valence-corrected chi connectivity index (χ1v) is 9.45. The van der Waals surface area contributed by atoms with Gasteiger partial charge in [0.1, 0.15) is 11.5 Å². The monoisotopic (exact) mass is 407 g/mol. The van der Waals surface area contributed by atoms with E-state index in [0.717, 1.165) is 5.56 Å². The largest absolute Gasteiger partial charge is 0.311 e. The van der Waals surface area contributed by atoms with Crippen LogP contribution in [-0.4, -0.2) is 25.4 Å². The van der Waals surface area contributed by atoms with Crippen molar-refractivity contribution in [3.05, 3.63) is 93.9 Å². The van der Waals surface area contributed by atoms with Crippen LogP contribution in [0.1, 0.15) is 15.9 Å². The van der Waals surface area contributed by atoms with Crippen LogP contribution in [0.25, 0.3) is 11.4 Å². The zero-order chi connectivity index (χ0) is 20.2. The molecule has 0 aliphatic carbocycles. The summed E-state index contributed by atoms with van der Waals surface area (Å²) in [6.45, 7) is 0.389. The second-order valence-electron chi connectivity index (χ2n) is 6.09. The van der Waals surface area contributed by atoms with Crippen LogP contribution in [0.2, 0.25) is 0 Å². The lowest BCUT2D eigenvalue weighted by Gasteiger charge is -2.07. The molecule has 7 nitrogen and oxygen atoms in total. The molecule has 0 bridgehead atoms. The summed E-state index contributed by atoms with van der Waals surface area (Å²) in [6.07, 6.45) is 6.23. The van der Waals surface area contributed by atoms with E-state index >= 15 is 0 Å². The van der Waals surface area contributed by atoms with Crippen molar-refractivity contribution in [3.63, 3.8) is 0 Å². The van der Waals surface area contributed by atoms with Gasteiger partial charge in [-0.25, -0.2) is 9.37 Å². The molecule has 4 heterocycles. The van der Waals surface area contributed by atoms with Gasteiger partial charge in [0, 0.05) is 47.9 Å². The Bertz CT molecular complexity index is 1220. The Hall–Kier alpha value is -3.72. The highest BCUT2D eigenvalue weighted by Crippen LogP contribution is 2.24. The highest BCUT2D eigenvalue weighted by atomic mass is 32.1. The van der Waals surface area contributed by atoms with E-state index in [4.69, 9.17) is 0 Å². The number of hydrogen-bond donors (Lipinski definition) is 1. The zero-order valence-corrected chi connectivity index (χ0v) is 15.8. The molecule has 1 N–H and O–H groups in total. The number of thiazole rings is 1. The van der Waals surface area contributed by atoms with Crippen molar-refractivity contribution in [3.8, 4) is 11.4 Å². The van der Waals surface area contributed by atoms with E-state index in [9.17, 15) is 14.0 Å². The van der Waals surface area contributed by atoms with Gasteiger partial charge in [0.15, 0.2) is 5.13 Å². The molecule has 0 aliphatic heterocycles. The third-order valence-corrected chi connectivity index (χ3v) is 4.83. The maximum absolute atomic E-state index is 13.3. The van der Waals surface area contributed by atoms with Crippen LogP contribution in [-0.2, 0) is 6.54 Å². The average Bonchev–Trinajstić information content (AvgIpc) is 3.19. The summed E-state index contributed by atoms with van der Waals surface area (Å²) in [6, 6.07) is 9.00. The van der Waals surface area contributed by atoms with Gasteiger partial charge in [-0.05, 0) is 29.8 Å². The van der Waals surface area contributed by atoms with Crippen LogP contribution in [0.4, 0.5) is 9.52 Å². The van der Waals surface area contributed by atoms with Crippen LogP contribution in [0.5, 0.6) is 0 Å². The first-order valence-electron chi connectivity index (χ1n) is 8.57. The molecule has 0 radical (unpaired) electrons. The zero-order valence-electron chi connectivity index (χ0n) is 14.9. The predicted octanol–water partition coefficient (Wildman–Crippen LogP) is 3.20. The lowest BCUT2D eigenvalue weighted by atomic mass is 10.2. The lowest BCUT2D eigenvalue weighted by molar-refractivity contribution is 0.102. The van der Waals surface area contributed by atoms with Crippen molar-refractivity contribution in [2.45, 2.75) is 6.54 Å². The van der Waals surface area contributed by atoms with Gasteiger partial charge in [0.2, 0.25) is 0 Å². The molecule has 4 aromatic rings. The molecule has 0 atom stereocenters. The van der Waals surface area contributed by atoms with E-state index in [1.165, 1.54) is 40.3 Å². The summed E-state index contributed by atoms with van der Waals surface area (Å²) in [5, 5.41) is 4.65. The normalized spacial score (nSPS) is 10.7. The number of amides is 1. The lowest BCUT2D eigenvalue weighted by Crippen LogP contribution is -2.22. The molecule has 4 rings (SSSR count). The Labute approximate surface area is 168 Å². The van der Waals surface area contributed by atoms with Crippen LogP contribution < -0.4 is 10.9 Å². The SMILES string of the molecule is O=C(Nc1nc(-c2cc(F)ccn2)cs1)c1ccn(Cc2ccncc2)c(=O)c1. The Kier molecular flexibility index (Phi) is 5.21. The Morgan fingerprint density at radius 3 is 2.69 bits per heavy atom. The number of nitrogens with zero attached hydrogens (tertiary/aromatic N) is 4. The van der Waals surface area contributed by atoms with Crippen LogP contribution in [0, 0.1) is 5.82 Å². The fraction of sp³-hybridized carbons (Fsp3) is 0.0500. The quantitative estimate of drug-likeness (QED) is 0.549. The van der Waals surface area contributed by atoms with Gasteiger partial charge < -0.3 is 4.57 Å². The van der Waals surface area contributed by atoms with E-state index < -0.39 is 11.7 Å². The highest BCUT2D eigenvalue weighted by molar-refractivity contribution is 7.14. The van der Waals surface area contributed by atoms with Crippen molar-refractivity contribution < 1.29 is 9.18 Å². The fourth-order valence-corrected chi connectivity index (χ4v) is 3.33. The van der Waals surface area contributed by atoms with Gasteiger partial charge in [-0.3, -0.25) is 24.9 Å². The number of hydrogen-bond acceptors (Lipinski definition) is 6. The van der Waals surface area contributed by atoms with Crippen LogP contribution in [0.3, 0.4) is 0 Å². The topological polar surface area (TPSA) is 89.8 Å². The second kappa shape index (κ2) is 8.11. The minimum absolute atomic E-state index is 0.224. The van der Waals surface area contributed by atoms with Gasteiger partial charge in [-0.2, -0.15) is 0 Å². The smallest absolute Gasteiger partial charge is 0.257 e. The standard InChI is InChI=1S/C20H14FN5O2S/c21-15-3-7-23-16(10-15)17-12-29-20(24-17)25-19(28)14-4-8-26(18(27)9-14)11-13-1-5-22-6-2-13/h1-10,12H,11H2,(H,24,25,28). The van der Waals surface area contributed by atoms with Gasteiger partial charge in [0.05, 0.1) is 12.2 Å². The molecule has 144 valence electrons. The molecule has 0 aromatic carbocycles. The number of anilines is 1. The average molecular weight is 407 g/mol. The molecule has 0 spiro atoms. The highest BCUT2D eigenvalue weighted by Gasteiger charge is 2.12. The fourth-order valence-electron chi connectivity index (χ4n) is 2.63. The maximum Gasteiger partial charge on any atom is 0.257 e. The molecule has 9 heteroatoms. The number of carbonyl (C=O) groups is 1. The Morgan fingerprint density at radius 2 is 1.93 bits per heavy atom. The van der Waals surface area contributed by atoms with E-state index in [2.05, 4.69) is 20.3 Å². The molecule has 4 aromatic heterocycles. The number of rotatable bonds is 5. The summed E-state index contributed by atoms with van der Waals surface area (Å²) >= 11 is 1.19. The summed E-state index contributed by atoms with van der Waals surface area (Å²) < 4.78 is 14.8. The van der Waals surface area contributed by atoms with Crippen LogP contribution in [0.15, 0.2) is 71.4 Å². The van der Waals surface area contributed by atoms with Gasteiger partial charge in [0.25, 0.3) is 11.5 Å². The van der Waals surface area contributed by atoms with E-state index in [-0.39, 0.29) is 11.1 Å². The Morgan fingerprint density at radius 1 is 1.10 bits per heavy atom. The van der Waals surface area contributed by atoms with Crippen molar-refractivity contribution >= 4 is 22.4 Å². The minimum atomic E-state index is -0.453. The molecule has 1 amide bonds. The summed E-state index contributed by atoms with van der Waals surface area (Å²) in [7, 11) is 0. The van der Waals surface area contributed by atoms with Crippen molar-refractivity contribution in [2.24, 2.45) is 0 Å². The summed E-state index contributed by atoms with van der Waals surface area (Å²) in [5.41, 5.74) is 1.69. The molecule has 0 fully saturated rings. The van der Waals surface area contributed by atoms with E-state index in [1.54, 1.807) is 30.0 Å². The van der Waals surface area contributed by atoms with Crippen LogP contribution >= 0.6 is 11.3 Å². The summed E-state index contributed by atoms with van der Waals surface area (Å²) in [4.78, 5) is 37.0. The van der Waals surface area contributed by atoms with Gasteiger partial charge in [-0.1, -0.05) is 0 Å². The molecule has 0 unspecified atom stereocenters. The first kappa shape index (κ1) is 18.6. The van der Waals surface area contributed by atoms with Crippen molar-refractivity contribution in [1.82, 2.24) is 19.5 Å². The number of aromatic nitrogens is 4. The van der Waals surface area contributed by atoms with E-state index in [1.807, 2.05) is 12.1 Å². The maximum atomic E-state index is 13.3. The number of carbonyl (C=O) groups excluding carboxylic acids is 1. The number of halogens is 1. The minimum Gasteiger partial charge on any atom is -0.311 e. The number of pyridine rings is 3. The van der Waals surface area contributed by atoms with Crippen molar-refractivity contribution in [2.75, 3.05) is 5.32 Å². The summed E-state index contributed by atoms with van der Waals surface area (Å²) in [5.74, 6) is -0.868. The van der Waals surface area contributed by atoms with Crippen molar-refractivity contribution in [1.29, 1.82) is 0 Å². The number of nitrogens with one attached hydrogen (secondary N) is 1. The molecular weight excluding hydrogens is 393 g/mol. The second-order valence-corrected chi connectivity index (χ2v) is 6.95. The Balaban J connectivity index is 1.48. The molecule has 29 heavy (non-hydrogen) atoms. The molecular formula is C20H14FN5O2S.